The molecular weight excluding hydrogens is 234 g/mol. The zero-order valence-corrected chi connectivity index (χ0v) is 11.4. The summed E-state index contributed by atoms with van der Waals surface area (Å²) in [6.07, 6.45) is 2.50. The van der Waals surface area contributed by atoms with Gasteiger partial charge in [0.05, 0.1) is 6.54 Å². The highest BCUT2D eigenvalue weighted by Crippen LogP contribution is 2.19. The van der Waals surface area contributed by atoms with Crippen molar-refractivity contribution in [3.05, 3.63) is 5.01 Å². The number of hydrogen-bond acceptors (Lipinski definition) is 6. The zero-order valence-electron chi connectivity index (χ0n) is 10.6. The van der Waals surface area contributed by atoms with Gasteiger partial charge in [0.15, 0.2) is 0 Å². The van der Waals surface area contributed by atoms with Crippen LogP contribution in [0, 0.1) is 0 Å². The van der Waals surface area contributed by atoms with Gasteiger partial charge in [-0.05, 0) is 39.5 Å². The highest BCUT2D eigenvalue weighted by atomic mass is 32.1. The number of nitrogens with zero attached hydrogens (tertiary/aromatic N) is 4. The van der Waals surface area contributed by atoms with E-state index in [9.17, 15) is 0 Å². The van der Waals surface area contributed by atoms with Crippen molar-refractivity contribution in [2.24, 2.45) is 0 Å². The molecule has 1 aromatic rings. The predicted octanol–water partition coefficient (Wildman–Crippen LogP) is 1.04. The van der Waals surface area contributed by atoms with Gasteiger partial charge in [-0.3, -0.25) is 4.90 Å². The number of likely N-dealkylation sites (tertiary alicyclic amines) is 1. The Balaban J connectivity index is 1.82. The zero-order chi connectivity index (χ0) is 12.3. The monoisotopic (exact) mass is 255 g/mol. The maximum absolute atomic E-state index is 5.59. The Hall–Kier alpha value is -0.720. The van der Waals surface area contributed by atoms with Gasteiger partial charge in [0.25, 0.3) is 0 Å². The first-order valence-corrected chi connectivity index (χ1v) is 7.01. The van der Waals surface area contributed by atoms with Crippen molar-refractivity contribution in [2.75, 3.05) is 32.4 Å². The van der Waals surface area contributed by atoms with E-state index >= 15 is 0 Å². The fourth-order valence-corrected chi connectivity index (χ4v) is 3.02. The molecule has 0 aromatic carbocycles. The SMILES string of the molecule is CCN1CCC(N(C)Cc2nnc(N)s2)CC1. The average molecular weight is 255 g/mol. The first-order chi connectivity index (χ1) is 8.19. The van der Waals surface area contributed by atoms with Crippen LogP contribution in [0.25, 0.3) is 0 Å². The van der Waals surface area contributed by atoms with Crippen molar-refractivity contribution in [3.63, 3.8) is 0 Å². The number of nitrogen functional groups attached to an aromatic ring is 1. The molecule has 2 rings (SSSR count). The molecular formula is C11H21N5S. The molecule has 6 heteroatoms. The van der Waals surface area contributed by atoms with E-state index < -0.39 is 0 Å². The molecule has 0 bridgehead atoms. The Morgan fingerprint density at radius 1 is 1.41 bits per heavy atom. The Labute approximate surface area is 107 Å². The molecule has 0 saturated carbocycles. The maximum atomic E-state index is 5.59. The van der Waals surface area contributed by atoms with E-state index in [-0.39, 0.29) is 0 Å². The third-order valence-electron chi connectivity index (χ3n) is 3.49. The Morgan fingerprint density at radius 2 is 2.12 bits per heavy atom. The predicted molar refractivity (Wildman–Crippen MR) is 70.9 cm³/mol. The summed E-state index contributed by atoms with van der Waals surface area (Å²) in [6.45, 7) is 6.69. The van der Waals surface area contributed by atoms with Crippen LogP contribution >= 0.6 is 11.3 Å². The van der Waals surface area contributed by atoms with Gasteiger partial charge < -0.3 is 10.6 Å². The number of rotatable bonds is 4. The molecule has 1 aromatic heterocycles. The molecule has 0 spiro atoms. The lowest BCUT2D eigenvalue weighted by Crippen LogP contribution is -2.42. The minimum atomic E-state index is 0.564. The Kier molecular flexibility index (Phi) is 4.31. The maximum Gasteiger partial charge on any atom is 0.203 e. The summed E-state index contributed by atoms with van der Waals surface area (Å²) in [6, 6.07) is 0.669. The van der Waals surface area contributed by atoms with Crippen LogP contribution in [0.1, 0.15) is 24.8 Å². The number of aromatic nitrogens is 2. The first kappa shape index (κ1) is 12.7. The smallest absolute Gasteiger partial charge is 0.203 e. The summed E-state index contributed by atoms with van der Waals surface area (Å²) in [5.74, 6) is 0. The third-order valence-corrected chi connectivity index (χ3v) is 4.23. The van der Waals surface area contributed by atoms with Crippen LogP contribution in [0.4, 0.5) is 5.13 Å². The molecule has 0 unspecified atom stereocenters. The van der Waals surface area contributed by atoms with Gasteiger partial charge in [0, 0.05) is 6.04 Å². The van der Waals surface area contributed by atoms with Crippen LogP contribution in [0.2, 0.25) is 0 Å². The summed E-state index contributed by atoms with van der Waals surface area (Å²) in [5, 5.41) is 9.51. The van der Waals surface area contributed by atoms with Gasteiger partial charge in [0.2, 0.25) is 5.13 Å². The van der Waals surface area contributed by atoms with Crippen LogP contribution < -0.4 is 5.73 Å². The summed E-state index contributed by atoms with van der Waals surface area (Å²) in [4.78, 5) is 4.89. The molecule has 1 fully saturated rings. The highest BCUT2D eigenvalue weighted by molar-refractivity contribution is 7.15. The van der Waals surface area contributed by atoms with E-state index in [1.54, 1.807) is 0 Å². The van der Waals surface area contributed by atoms with Gasteiger partial charge >= 0.3 is 0 Å². The number of anilines is 1. The molecule has 2 heterocycles. The third kappa shape index (κ3) is 3.37. The lowest BCUT2D eigenvalue weighted by Gasteiger charge is -2.35. The second-order valence-electron chi connectivity index (χ2n) is 4.61. The van der Waals surface area contributed by atoms with E-state index in [2.05, 4.69) is 34.0 Å². The van der Waals surface area contributed by atoms with Crippen molar-refractivity contribution in [2.45, 2.75) is 32.4 Å². The van der Waals surface area contributed by atoms with Crippen LogP contribution in [0.5, 0.6) is 0 Å². The van der Waals surface area contributed by atoms with E-state index in [0.717, 1.165) is 11.6 Å². The van der Waals surface area contributed by atoms with E-state index in [0.29, 0.717) is 11.2 Å². The van der Waals surface area contributed by atoms with Gasteiger partial charge in [-0.15, -0.1) is 10.2 Å². The molecule has 0 amide bonds. The summed E-state index contributed by atoms with van der Waals surface area (Å²) in [7, 11) is 2.17. The van der Waals surface area contributed by atoms with Gasteiger partial charge in [-0.1, -0.05) is 18.3 Å². The average Bonchev–Trinajstić information content (AvgIpc) is 2.75. The Morgan fingerprint density at radius 3 is 2.65 bits per heavy atom. The van der Waals surface area contributed by atoms with Crippen LogP contribution in [0.3, 0.4) is 0 Å². The van der Waals surface area contributed by atoms with Gasteiger partial charge in [-0.2, -0.15) is 0 Å². The van der Waals surface area contributed by atoms with Crippen molar-refractivity contribution >= 4 is 16.5 Å². The van der Waals surface area contributed by atoms with Crippen molar-refractivity contribution in [1.82, 2.24) is 20.0 Å². The van der Waals surface area contributed by atoms with Crippen LogP contribution in [-0.4, -0.2) is 52.7 Å². The number of hydrogen-bond donors (Lipinski definition) is 1. The quantitative estimate of drug-likeness (QED) is 0.871. The minimum Gasteiger partial charge on any atom is -0.374 e. The lowest BCUT2D eigenvalue weighted by atomic mass is 10.0. The normalized spacial score (nSPS) is 19.0. The van der Waals surface area contributed by atoms with Crippen molar-refractivity contribution in [3.8, 4) is 0 Å². The molecule has 0 atom stereocenters. The standard InChI is InChI=1S/C11H21N5S/c1-3-16-6-4-9(5-7-16)15(2)8-10-13-14-11(12)17-10/h9H,3-8H2,1-2H3,(H2,12,14). The summed E-state index contributed by atoms with van der Waals surface area (Å²) < 4.78 is 0. The second kappa shape index (κ2) is 5.75. The van der Waals surface area contributed by atoms with Gasteiger partial charge in [0.1, 0.15) is 5.01 Å². The fraction of sp³-hybridized carbons (Fsp3) is 0.818. The highest BCUT2D eigenvalue weighted by Gasteiger charge is 2.22. The van der Waals surface area contributed by atoms with E-state index in [4.69, 9.17) is 5.73 Å². The molecule has 2 N–H and O–H groups in total. The van der Waals surface area contributed by atoms with E-state index in [1.807, 2.05) is 0 Å². The minimum absolute atomic E-state index is 0.564. The largest absolute Gasteiger partial charge is 0.374 e. The Bertz CT molecular complexity index is 345. The van der Waals surface area contributed by atoms with Crippen molar-refractivity contribution in [1.29, 1.82) is 0 Å². The molecule has 17 heavy (non-hydrogen) atoms. The molecule has 0 aliphatic carbocycles. The topological polar surface area (TPSA) is 58.3 Å². The molecule has 1 aliphatic rings. The van der Waals surface area contributed by atoms with Gasteiger partial charge in [-0.25, -0.2) is 0 Å². The first-order valence-electron chi connectivity index (χ1n) is 6.19. The number of nitrogens with two attached hydrogens (primary N) is 1. The lowest BCUT2D eigenvalue weighted by molar-refractivity contribution is 0.127. The number of piperidine rings is 1. The molecule has 96 valence electrons. The second-order valence-corrected chi connectivity index (χ2v) is 5.71. The molecule has 1 aliphatic heterocycles. The fourth-order valence-electron chi connectivity index (χ4n) is 2.35. The molecule has 5 nitrogen and oxygen atoms in total. The molecule has 0 radical (unpaired) electrons. The summed E-state index contributed by atoms with van der Waals surface area (Å²) in [5.41, 5.74) is 5.59. The van der Waals surface area contributed by atoms with Crippen LogP contribution in [0.15, 0.2) is 0 Å². The molecule has 1 saturated heterocycles. The van der Waals surface area contributed by atoms with Crippen molar-refractivity contribution < 1.29 is 0 Å². The van der Waals surface area contributed by atoms with E-state index in [1.165, 1.54) is 43.8 Å². The van der Waals surface area contributed by atoms with Crippen LogP contribution in [-0.2, 0) is 6.54 Å². The summed E-state index contributed by atoms with van der Waals surface area (Å²) >= 11 is 1.49.